The van der Waals surface area contributed by atoms with Crippen molar-refractivity contribution in [1.82, 2.24) is 4.90 Å². The molecule has 6 heteroatoms. The van der Waals surface area contributed by atoms with Crippen LogP contribution in [0.4, 0.5) is 10.1 Å². The Bertz CT molecular complexity index is 832. The first kappa shape index (κ1) is 19.2. The second-order valence-corrected chi connectivity index (χ2v) is 6.96. The van der Waals surface area contributed by atoms with Gasteiger partial charge < -0.3 is 4.74 Å². The number of hydrogen-bond donors (Lipinski definition) is 0. The van der Waals surface area contributed by atoms with Crippen molar-refractivity contribution in [3.05, 3.63) is 66.0 Å². The molecule has 1 aliphatic heterocycles. The Morgan fingerprint density at radius 1 is 1.22 bits per heavy atom. The summed E-state index contributed by atoms with van der Waals surface area (Å²) in [5, 5.41) is 0.694. The minimum atomic E-state index is -0.296. The Balaban J connectivity index is 1.73. The maximum atomic E-state index is 13.0. The van der Waals surface area contributed by atoms with Gasteiger partial charge in [0.2, 0.25) is 0 Å². The molecule has 0 atom stereocenters. The standard InChI is InChI=1S/C21H21FN2O2S/c1-2-26-19-11-9-18(10-12-19)23-21-24(14-3-15-27-21)20(25)13-6-16-4-7-17(22)8-5-16/h4-13H,2-3,14-15H2,1H3/b13-6+,23-21?. The third kappa shape index (κ3) is 5.44. The molecule has 3 rings (SSSR count). The lowest BCUT2D eigenvalue weighted by molar-refractivity contribution is -0.122. The number of thioether (sulfide) groups is 1. The number of nitrogens with zero attached hydrogens (tertiary/aromatic N) is 2. The van der Waals surface area contributed by atoms with Gasteiger partial charge in [-0.15, -0.1) is 0 Å². The topological polar surface area (TPSA) is 41.9 Å². The van der Waals surface area contributed by atoms with Crippen LogP contribution in [0.5, 0.6) is 5.75 Å². The SMILES string of the molecule is CCOc1ccc(N=C2SCCCN2C(=O)/C=C/c2ccc(F)cc2)cc1. The Morgan fingerprint density at radius 2 is 1.96 bits per heavy atom. The number of hydrogen-bond acceptors (Lipinski definition) is 4. The molecule has 0 unspecified atom stereocenters. The third-order valence-corrected chi connectivity index (χ3v) is 4.98. The molecular formula is C21H21FN2O2S. The van der Waals surface area contributed by atoms with Crippen LogP contribution in [0.3, 0.4) is 0 Å². The molecule has 0 saturated carbocycles. The van der Waals surface area contributed by atoms with Crippen LogP contribution >= 0.6 is 11.8 Å². The molecule has 1 aliphatic rings. The number of halogens is 1. The van der Waals surface area contributed by atoms with Gasteiger partial charge in [-0.25, -0.2) is 9.38 Å². The molecule has 0 spiro atoms. The van der Waals surface area contributed by atoms with E-state index in [9.17, 15) is 9.18 Å². The van der Waals surface area contributed by atoms with Crippen LogP contribution in [0.1, 0.15) is 18.9 Å². The van der Waals surface area contributed by atoms with Crippen LogP contribution in [-0.2, 0) is 4.79 Å². The van der Waals surface area contributed by atoms with Crippen molar-refractivity contribution in [2.45, 2.75) is 13.3 Å². The predicted octanol–water partition coefficient (Wildman–Crippen LogP) is 4.89. The van der Waals surface area contributed by atoms with Crippen molar-refractivity contribution in [3.8, 4) is 5.75 Å². The summed E-state index contributed by atoms with van der Waals surface area (Å²) in [6.07, 6.45) is 4.12. The van der Waals surface area contributed by atoms with Gasteiger partial charge >= 0.3 is 0 Å². The van der Waals surface area contributed by atoms with E-state index in [-0.39, 0.29) is 11.7 Å². The third-order valence-electron chi connectivity index (χ3n) is 3.91. The lowest BCUT2D eigenvalue weighted by atomic mass is 10.2. The molecular weight excluding hydrogens is 363 g/mol. The van der Waals surface area contributed by atoms with Gasteiger partial charge in [0.1, 0.15) is 11.6 Å². The van der Waals surface area contributed by atoms with Gasteiger partial charge in [0.25, 0.3) is 5.91 Å². The number of carbonyl (C=O) groups is 1. The largest absolute Gasteiger partial charge is 0.494 e. The van der Waals surface area contributed by atoms with Crippen LogP contribution < -0.4 is 4.74 Å². The van der Waals surface area contributed by atoms with Crippen molar-refractivity contribution >= 4 is 34.6 Å². The molecule has 140 valence electrons. The zero-order chi connectivity index (χ0) is 19.1. The van der Waals surface area contributed by atoms with E-state index in [1.807, 2.05) is 31.2 Å². The van der Waals surface area contributed by atoms with Gasteiger partial charge in [-0.2, -0.15) is 0 Å². The van der Waals surface area contributed by atoms with E-state index in [0.29, 0.717) is 18.3 Å². The van der Waals surface area contributed by atoms with Crippen LogP contribution in [0.15, 0.2) is 59.6 Å². The van der Waals surface area contributed by atoms with Crippen molar-refractivity contribution in [3.63, 3.8) is 0 Å². The highest BCUT2D eigenvalue weighted by Gasteiger charge is 2.22. The Labute approximate surface area is 162 Å². The quantitative estimate of drug-likeness (QED) is 0.689. The monoisotopic (exact) mass is 384 g/mol. The number of amidine groups is 1. The summed E-state index contributed by atoms with van der Waals surface area (Å²) in [5.74, 6) is 1.31. The van der Waals surface area contributed by atoms with Crippen LogP contribution in [-0.4, -0.2) is 34.9 Å². The Hall–Kier alpha value is -2.60. The number of aliphatic imine (C=N–C) groups is 1. The van der Waals surface area contributed by atoms with Crippen LogP contribution in [0.25, 0.3) is 6.08 Å². The first-order valence-corrected chi connectivity index (χ1v) is 9.84. The molecule has 0 aromatic heterocycles. The van der Waals surface area contributed by atoms with E-state index in [1.165, 1.54) is 18.2 Å². The normalized spacial score (nSPS) is 16.1. The molecule has 2 aromatic rings. The molecule has 0 aliphatic carbocycles. The number of benzene rings is 2. The average molecular weight is 384 g/mol. The fourth-order valence-corrected chi connectivity index (χ4v) is 3.55. The lowest BCUT2D eigenvalue weighted by Gasteiger charge is -2.26. The molecule has 0 N–H and O–H groups in total. The fourth-order valence-electron chi connectivity index (χ4n) is 2.58. The number of rotatable bonds is 5. The van der Waals surface area contributed by atoms with Gasteiger partial charge in [-0.05, 0) is 61.4 Å². The first-order valence-electron chi connectivity index (χ1n) is 8.85. The van der Waals surface area contributed by atoms with E-state index >= 15 is 0 Å². The second kappa shape index (κ2) is 9.37. The van der Waals surface area contributed by atoms with E-state index in [0.717, 1.165) is 29.2 Å². The highest BCUT2D eigenvalue weighted by molar-refractivity contribution is 8.13. The summed E-state index contributed by atoms with van der Waals surface area (Å²) < 4.78 is 18.4. The fraction of sp³-hybridized carbons (Fsp3) is 0.238. The molecule has 1 saturated heterocycles. The van der Waals surface area contributed by atoms with Crippen LogP contribution in [0.2, 0.25) is 0 Å². The Morgan fingerprint density at radius 3 is 2.67 bits per heavy atom. The van der Waals surface area contributed by atoms with Crippen molar-refractivity contribution < 1.29 is 13.9 Å². The van der Waals surface area contributed by atoms with E-state index in [4.69, 9.17) is 4.74 Å². The van der Waals surface area contributed by atoms with E-state index in [1.54, 1.807) is 34.9 Å². The number of ether oxygens (including phenoxy) is 1. The van der Waals surface area contributed by atoms with Crippen molar-refractivity contribution in [2.75, 3.05) is 18.9 Å². The van der Waals surface area contributed by atoms with Gasteiger partial charge in [-0.3, -0.25) is 9.69 Å². The maximum Gasteiger partial charge on any atom is 0.252 e. The van der Waals surface area contributed by atoms with E-state index in [2.05, 4.69) is 4.99 Å². The summed E-state index contributed by atoms with van der Waals surface area (Å²) in [7, 11) is 0. The summed E-state index contributed by atoms with van der Waals surface area (Å²) in [5.41, 5.74) is 1.56. The molecule has 1 amide bonds. The molecule has 1 heterocycles. The molecule has 1 fully saturated rings. The highest BCUT2D eigenvalue weighted by Crippen LogP contribution is 2.24. The summed E-state index contributed by atoms with van der Waals surface area (Å²) in [6, 6.07) is 13.5. The predicted molar refractivity (Wildman–Crippen MR) is 109 cm³/mol. The molecule has 0 bridgehead atoms. The summed E-state index contributed by atoms with van der Waals surface area (Å²) in [6.45, 7) is 3.19. The van der Waals surface area contributed by atoms with Gasteiger partial charge in [-0.1, -0.05) is 23.9 Å². The van der Waals surface area contributed by atoms with E-state index < -0.39 is 0 Å². The van der Waals surface area contributed by atoms with Crippen molar-refractivity contribution in [1.29, 1.82) is 0 Å². The maximum absolute atomic E-state index is 13.0. The second-order valence-electron chi connectivity index (χ2n) is 5.90. The molecule has 2 aromatic carbocycles. The minimum absolute atomic E-state index is 0.129. The van der Waals surface area contributed by atoms with Crippen LogP contribution in [0, 0.1) is 5.82 Å². The molecule has 0 radical (unpaired) electrons. The zero-order valence-corrected chi connectivity index (χ0v) is 15.9. The van der Waals surface area contributed by atoms with Gasteiger partial charge in [0.15, 0.2) is 5.17 Å². The minimum Gasteiger partial charge on any atom is -0.494 e. The Kier molecular flexibility index (Phi) is 6.65. The number of amides is 1. The first-order chi connectivity index (χ1) is 13.2. The zero-order valence-electron chi connectivity index (χ0n) is 15.1. The van der Waals surface area contributed by atoms with Gasteiger partial charge in [0, 0.05) is 18.4 Å². The molecule has 4 nitrogen and oxygen atoms in total. The van der Waals surface area contributed by atoms with Crippen molar-refractivity contribution in [2.24, 2.45) is 4.99 Å². The highest BCUT2D eigenvalue weighted by atomic mass is 32.2. The number of carbonyl (C=O) groups excluding carboxylic acids is 1. The lowest BCUT2D eigenvalue weighted by Crippen LogP contribution is -2.38. The average Bonchev–Trinajstić information content (AvgIpc) is 2.69. The van der Waals surface area contributed by atoms with Gasteiger partial charge in [0.05, 0.1) is 12.3 Å². The summed E-state index contributed by atoms with van der Waals surface area (Å²) in [4.78, 5) is 18.9. The molecule has 27 heavy (non-hydrogen) atoms. The summed E-state index contributed by atoms with van der Waals surface area (Å²) >= 11 is 1.57. The smallest absolute Gasteiger partial charge is 0.252 e.